The quantitative estimate of drug-likeness (QED) is 0.779. The number of carbonyl (C=O) groups is 1. The molecule has 3 heteroatoms. The maximum atomic E-state index is 11.0. The fraction of sp³-hybridized carbons (Fsp3) is 0.923. The molecule has 1 aliphatic rings. The van der Waals surface area contributed by atoms with Crippen molar-refractivity contribution in [3.8, 4) is 0 Å². The van der Waals surface area contributed by atoms with E-state index in [1.165, 1.54) is 0 Å². The number of rotatable bonds is 3. The van der Waals surface area contributed by atoms with Crippen molar-refractivity contribution < 1.29 is 9.90 Å². The van der Waals surface area contributed by atoms with Crippen LogP contribution in [-0.2, 0) is 4.79 Å². The highest BCUT2D eigenvalue weighted by atomic mass is 16.4. The Morgan fingerprint density at radius 1 is 1.38 bits per heavy atom. The predicted molar refractivity (Wildman–Crippen MR) is 65.4 cm³/mol. The van der Waals surface area contributed by atoms with E-state index in [1.807, 2.05) is 0 Å². The molecule has 3 atom stereocenters. The molecular formula is C13H25NO2. The number of carboxylic acid groups (broad SMARTS) is 1. The van der Waals surface area contributed by atoms with Crippen molar-refractivity contribution in [2.24, 2.45) is 11.3 Å². The molecule has 1 rings (SSSR count). The Balaban J connectivity index is 2.46. The Kier molecular flexibility index (Phi) is 4.36. The third-order valence-corrected chi connectivity index (χ3v) is 3.81. The maximum Gasteiger partial charge on any atom is 0.306 e. The molecule has 0 aliphatic heterocycles. The Morgan fingerprint density at radius 2 is 2.00 bits per heavy atom. The second kappa shape index (κ2) is 5.17. The summed E-state index contributed by atoms with van der Waals surface area (Å²) in [4.78, 5) is 11.0. The molecule has 0 aromatic rings. The topological polar surface area (TPSA) is 49.3 Å². The lowest BCUT2D eigenvalue weighted by molar-refractivity contribution is -0.143. The lowest BCUT2D eigenvalue weighted by Crippen LogP contribution is -2.46. The zero-order valence-corrected chi connectivity index (χ0v) is 10.9. The van der Waals surface area contributed by atoms with Crippen LogP contribution >= 0.6 is 0 Å². The third kappa shape index (κ3) is 3.78. The molecule has 0 bridgehead atoms. The Hall–Kier alpha value is -0.570. The maximum absolute atomic E-state index is 11.0. The van der Waals surface area contributed by atoms with E-state index in [0.717, 1.165) is 25.7 Å². The smallest absolute Gasteiger partial charge is 0.306 e. The van der Waals surface area contributed by atoms with Crippen LogP contribution in [-0.4, -0.2) is 23.2 Å². The van der Waals surface area contributed by atoms with Gasteiger partial charge in [-0.25, -0.2) is 0 Å². The summed E-state index contributed by atoms with van der Waals surface area (Å²) in [5, 5.41) is 12.6. The summed E-state index contributed by atoms with van der Waals surface area (Å²) in [7, 11) is 0. The molecule has 94 valence electrons. The molecule has 0 heterocycles. The highest BCUT2D eigenvalue weighted by molar-refractivity contribution is 5.70. The van der Waals surface area contributed by atoms with Gasteiger partial charge in [-0.1, -0.05) is 27.2 Å². The van der Waals surface area contributed by atoms with E-state index in [2.05, 4.69) is 33.0 Å². The number of nitrogens with one attached hydrogen (secondary N) is 1. The first kappa shape index (κ1) is 13.5. The minimum Gasteiger partial charge on any atom is -0.481 e. The molecule has 3 nitrogen and oxygen atoms in total. The summed E-state index contributed by atoms with van der Waals surface area (Å²) >= 11 is 0. The first-order valence-electron chi connectivity index (χ1n) is 6.29. The predicted octanol–water partition coefficient (Wildman–Crippen LogP) is 2.65. The lowest BCUT2D eigenvalue weighted by atomic mass is 9.83. The van der Waals surface area contributed by atoms with Crippen molar-refractivity contribution in [2.75, 3.05) is 0 Å². The monoisotopic (exact) mass is 227 g/mol. The van der Waals surface area contributed by atoms with Crippen LogP contribution in [0.2, 0.25) is 0 Å². The van der Waals surface area contributed by atoms with Gasteiger partial charge in [-0.3, -0.25) is 4.79 Å². The minimum absolute atomic E-state index is 0.140. The van der Waals surface area contributed by atoms with E-state index < -0.39 is 5.97 Å². The fourth-order valence-corrected chi connectivity index (χ4v) is 2.17. The zero-order chi connectivity index (χ0) is 12.3. The molecular weight excluding hydrogens is 202 g/mol. The summed E-state index contributed by atoms with van der Waals surface area (Å²) < 4.78 is 0. The molecule has 0 spiro atoms. The van der Waals surface area contributed by atoms with E-state index in [1.54, 1.807) is 0 Å². The summed E-state index contributed by atoms with van der Waals surface area (Å²) in [6, 6.07) is 0.800. The van der Waals surface area contributed by atoms with Crippen LogP contribution < -0.4 is 5.32 Å². The normalized spacial score (nSPS) is 28.8. The van der Waals surface area contributed by atoms with Crippen LogP contribution in [0.5, 0.6) is 0 Å². The average Bonchev–Trinajstić information content (AvgIpc) is 2.16. The van der Waals surface area contributed by atoms with Gasteiger partial charge in [0, 0.05) is 12.1 Å². The highest BCUT2D eigenvalue weighted by Gasteiger charge is 2.29. The van der Waals surface area contributed by atoms with Crippen LogP contribution in [0, 0.1) is 11.3 Å². The first-order chi connectivity index (χ1) is 7.30. The molecule has 1 fully saturated rings. The number of aliphatic carboxylic acids is 1. The van der Waals surface area contributed by atoms with Crippen molar-refractivity contribution in [1.82, 2.24) is 5.32 Å². The van der Waals surface area contributed by atoms with Crippen molar-refractivity contribution in [3.63, 3.8) is 0 Å². The second-order valence-electron chi connectivity index (χ2n) is 6.15. The van der Waals surface area contributed by atoms with Crippen molar-refractivity contribution in [2.45, 2.75) is 65.5 Å². The van der Waals surface area contributed by atoms with Gasteiger partial charge in [-0.2, -0.15) is 0 Å². The van der Waals surface area contributed by atoms with Gasteiger partial charge in [-0.05, 0) is 31.6 Å². The Bertz CT molecular complexity index is 245. The van der Waals surface area contributed by atoms with Crippen LogP contribution in [0.4, 0.5) is 0 Å². The van der Waals surface area contributed by atoms with Crippen molar-refractivity contribution in [3.05, 3.63) is 0 Å². The van der Waals surface area contributed by atoms with Gasteiger partial charge >= 0.3 is 5.97 Å². The summed E-state index contributed by atoms with van der Waals surface area (Å²) in [6.07, 6.45) is 3.78. The molecule has 0 amide bonds. The van der Waals surface area contributed by atoms with Gasteiger partial charge in [0.05, 0.1) is 5.92 Å². The van der Waals surface area contributed by atoms with Gasteiger partial charge in [0.15, 0.2) is 0 Å². The van der Waals surface area contributed by atoms with E-state index in [4.69, 9.17) is 5.11 Å². The number of carboxylic acids is 1. The first-order valence-corrected chi connectivity index (χ1v) is 6.29. The molecule has 16 heavy (non-hydrogen) atoms. The molecule has 1 aliphatic carbocycles. The van der Waals surface area contributed by atoms with Gasteiger partial charge in [0.25, 0.3) is 0 Å². The standard InChI is InChI=1S/C13H25NO2/c1-9(13(2,3)4)14-11-7-5-6-10(8-11)12(15)16/h9-11,14H,5-8H2,1-4H3,(H,15,16). The Labute approximate surface area is 98.6 Å². The van der Waals surface area contributed by atoms with E-state index in [-0.39, 0.29) is 11.3 Å². The van der Waals surface area contributed by atoms with Gasteiger partial charge in [0.2, 0.25) is 0 Å². The summed E-state index contributed by atoms with van der Waals surface area (Å²) in [5.41, 5.74) is 0.232. The molecule has 0 radical (unpaired) electrons. The zero-order valence-electron chi connectivity index (χ0n) is 10.9. The van der Waals surface area contributed by atoms with Gasteiger partial charge < -0.3 is 10.4 Å². The van der Waals surface area contributed by atoms with Crippen LogP contribution in [0.1, 0.15) is 53.4 Å². The van der Waals surface area contributed by atoms with Crippen LogP contribution in [0.3, 0.4) is 0 Å². The fourth-order valence-electron chi connectivity index (χ4n) is 2.17. The molecule has 0 aromatic heterocycles. The van der Waals surface area contributed by atoms with Gasteiger partial charge in [0.1, 0.15) is 0 Å². The minimum atomic E-state index is -0.630. The van der Waals surface area contributed by atoms with E-state index in [0.29, 0.717) is 12.1 Å². The third-order valence-electron chi connectivity index (χ3n) is 3.81. The number of hydrogen-bond donors (Lipinski definition) is 2. The lowest BCUT2D eigenvalue weighted by Gasteiger charge is -2.35. The van der Waals surface area contributed by atoms with E-state index >= 15 is 0 Å². The highest BCUT2D eigenvalue weighted by Crippen LogP contribution is 2.27. The van der Waals surface area contributed by atoms with Crippen LogP contribution in [0.15, 0.2) is 0 Å². The molecule has 0 saturated heterocycles. The second-order valence-corrected chi connectivity index (χ2v) is 6.15. The molecule has 2 N–H and O–H groups in total. The summed E-state index contributed by atoms with van der Waals surface area (Å²) in [5.74, 6) is -0.770. The van der Waals surface area contributed by atoms with Crippen LogP contribution in [0.25, 0.3) is 0 Å². The summed E-state index contributed by atoms with van der Waals surface area (Å²) in [6.45, 7) is 8.82. The molecule has 0 aromatic carbocycles. The largest absolute Gasteiger partial charge is 0.481 e. The molecule has 3 unspecified atom stereocenters. The van der Waals surface area contributed by atoms with Crippen molar-refractivity contribution >= 4 is 5.97 Å². The Morgan fingerprint density at radius 3 is 2.50 bits per heavy atom. The van der Waals surface area contributed by atoms with E-state index in [9.17, 15) is 4.79 Å². The average molecular weight is 227 g/mol. The van der Waals surface area contributed by atoms with Crippen molar-refractivity contribution in [1.29, 1.82) is 0 Å². The molecule has 1 saturated carbocycles. The SMILES string of the molecule is CC(NC1CCCC(C(=O)O)C1)C(C)(C)C. The van der Waals surface area contributed by atoms with Gasteiger partial charge in [-0.15, -0.1) is 0 Å². The number of hydrogen-bond acceptors (Lipinski definition) is 2.